The standard InChI is InChI=1S/C21H30N2O3/c1-12-8-14(18(25)23(12)19(22)26)9-13-10-15(20(2,3)4)17(24)16(11-13)21(5,6)7/h9-12,24H,8H2,1-7H3,(H2,22,26)/b14-9-. The number of likely N-dealkylation sites (tertiary alicyclic amines) is 1. The zero-order valence-electron chi connectivity index (χ0n) is 16.8. The molecular weight excluding hydrogens is 328 g/mol. The molecule has 26 heavy (non-hydrogen) atoms. The van der Waals surface area contributed by atoms with E-state index in [0.29, 0.717) is 17.7 Å². The lowest BCUT2D eigenvalue weighted by atomic mass is 9.78. The second-order valence-electron chi connectivity index (χ2n) is 9.20. The van der Waals surface area contributed by atoms with Crippen LogP contribution in [0.25, 0.3) is 6.08 Å². The second-order valence-corrected chi connectivity index (χ2v) is 9.20. The summed E-state index contributed by atoms with van der Waals surface area (Å²) in [6.07, 6.45) is 2.28. The van der Waals surface area contributed by atoms with E-state index in [4.69, 9.17) is 5.73 Å². The summed E-state index contributed by atoms with van der Waals surface area (Å²) >= 11 is 0. The van der Waals surface area contributed by atoms with Crippen molar-refractivity contribution in [3.8, 4) is 5.75 Å². The average Bonchev–Trinajstić information content (AvgIpc) is 2.72. The summed E-state index contributed by atoms with van der Waals surface area (Å²) in [4.78, 5) is 25.1. The van der Waals surface area contributed by atoms with Gasteiger partial charge in [0.1, 0.15) is 5.75 Å². The number of carbonyl (C=O) groups is 2. The summed E-state index contributed by atoms with van der Waals surface area (Å²) in [6, 6.07) is 2.88. The number of amides is 3. The van der Waals surface area contributed by atoms with Crippen LogP contribution < -0.4 is 5.73 Å². The first-order valence-electron chi connectivity index (χ1n) is 8.95. The molecule has 1 aromatic rings. The van der Waals surface area contributed by atoms with Gasteiger partial charge in [-0.2, -0.15) is 0 Å². The van der Waals surface area contributed by atoms with Crippen LogP contribution in [0.1, 0.15) is 71.6 Å². The lowest BCUT2D eigenvalue weighted by Gasteiger charge is -2.28. The fraction of sp³-hybridized carbons (Fsp3) is 0.524. The number of carbonyl (C=O) groups excluding carboxylic acids is 2. The SMILES string of the molecule is CC1C/C(=C/c2cc(C(C)(C)C)c(O)c(C(C)(C)C)c2)C(=O)N1C(N)=O. The Morgan fingerprint density at radius 3 is 1.96 bits per heavy atom. The van der Waals surface area contributed by atoms with Gasteiger partial charge in [-0.25, -0.2) is 4.79 Å². The topological polar surface area (TPSA) is 83.6 Å². The van der Waals surface area contributed by atoms with Crippen LogP contribution in [0.3, 0.4) is 0 Å². The van der Waals surface area contributed by atoms with Crippen LogP contribution in [0.15, 0.2) is 17.7 Å². The highest BCUT2D eigenvalue weighted by Gasteiger charge is 2.36. The molecule has 1 unspecified atom stereocenters. The van der Waals surface area contributed by atoms with E-state index >= 15 is 0 Å². The smallest absolute Gasteiger partial charge is 0.322 e. The molecule has 1 saturated heterocycles. The second kappa shape index (κ2) is 6.45. The van der Waals surface area contributed by atoms with E-state index in [9.17, 15) is 14.7 Å². The predicted molar refractivity (Wildman–Crippen MR) is 104 cm³/mol. The van der Waals surface area contributed by atoms with Crippen LogP contribution in [-0.2, 0) is 15.6 Å². The molecule has 3 amide bonds. The van der Waals surface area contributed by atoms with Gasteiger partial charge < -0.3 is 10.8 Å². The minimum absolute atomic E-state index is 0.243. The Labute approximate surface area is 155 Å². The Morgan fingerprint density at radius 1 is 1.15 bits per heavy atom. The Bertz CT molecular complexity index is 744. The molecule has 1 aliphatic heterocycles. The number of nitrogens with two attached hydrogens (primary N) is 1. The highest BCUT2D eigenvalue weighted by Crippen LogP contribution is 2.40. The largest absolute Gasteiger partial charge is 0.507 e. The van der Waals surface area contributed by atoms with Gasteiger partial charge in [0.25, 0.3) is 5.91 Å². The van der Waals surface area contributed by atoms with Crippen molar-refractivity contribution < 1.29 is 14.7 Å². The van der Waals surface area contributed by atoms with Crippen LogP contribution in [0, 0.1) is 0 Å². The van der Waals surface area contributed by atoms with Crippen molar-refractivity contribution in [2.45, 2.75) is 71.8 Å². The van der Waals surface area contributed by atoms with Gasteiger partial charge in [-0.05, 0) is 47.9 Å². The summed E-state index contributed by atoms with van der Waals surface area (Å²) in [7, 11) is 0. The van der Waals surface area contributed by atoms with Gasteiger partial charge in [0, 0.05) is 22.7 Å². The van der Waals surface area contributed by atoms with Gasteiger partial charge >= 0.3 is 6.03 Å². The molecule has 2 rings (SSSR count). The van der Waals surface area contributed by atoms with Crippen molar-refractivity contribution in [1.82, 2.24) is 4.90 Å². The van der Waals surface area contributed by atoms with Crippen LogP contribution in [0.4, 0.5) is 4.79 Å². The molecule has 0 radical (unpaired) electrons. The van der Waals surface area contributed by atoms with E-state index in [1.165, 1.54) is 0 Å². The maximum absolute atomic E-state index is 12.5. The number of hydrogen-bond acceptors (Lipinski definition) is 3. The molecule has 0 aromatic heterocycles. The van der Waals surface area contributed by atoms with Gasteiger partial charge in [0.05, 0.1) is 0 Å². The van der Waals surface area contributed by atoms with Crippen LogP contribution in [0.2, 0.25) is 0 Å². The molecule has 0 saturated carbocycles. The highest BCUT2D eigenvalue weighted by atomic mass is 16.3. The molecule has 3 N–H and O–H groups in total. The zero-order chi connectivity index (χ0) is 20.0. The molecule has 0 aliphatic carbocycles. The third kappa shape index (κ3) is 3.76. The number of phenolic OH excluding ortho intramolecular Hbond substituents is 1. The van der Waals surface area contributed by atoms with E-state index in [-0.39, 0.29) is 22.8 Å². The normalized spacial score (nSPS) is 20.1. The van der Waals surface area contributed by atoms with Crippen LogP contribution in [-0.4, -0.2) is 28.0 Å². The molecule has 1 aromatic carbocycles. The molecule has 1 atom stereocenters. The Kier molecular flexibility index (Phi) is 4.97. The molecule has 5 nitrogen and oxygen atoms in total. The fourth-order valence-corrected chi connectivity index (χ4v) is 3.37. The zero-order valence-corrected chi connectivity index (χ0v) is 16.8. The van der Waals surface area contributed by atoms with Crippen molar-refractivity contribution in [3.05, 3.63) is 34.4 Å². The number of imide groups is 1. The van der Waals surface area contributed by atoms with Crippen LogP contribution in [0.5, 0.6) is 5.75 Å². The van der Waals surface area contributed by atoms with Gasteiger partial charge in [0.15, 0.2) is 0 Å². The number of hydrogen-bond donors (Lipinski definition) is 2. The monoisotopic (exact) mass is 358 g/mol. The van der Waals surface area contributed by atoms with Crippen molar-refractivity contribution >= 4 is 18.0 Å². The minimum Gasteiger partial charge on any atom is -0.507 e. The van der Waals surface area contributed by atoms with Gasteiger partial charge in [0.2, 0.25) is 0 Å². The number of rotatable bonds is 1. The van der Waals surface area contributed by atoms with Gasteiger partial charge in [-0.1, -0.05) is 41.5 Å². The molecule has 142 valence electrons. The van der Waals surface area contributed by atoms with Crippen molar-refractivity contribution in [2.24, 2.45) is 5.73 Å². The fourth-order valence-electron chi connectivity index (χ4n) is 3.37. The summed E-state index contributed by atoms with van der Waals surface area (Å²) < 4.78 is 0. The first-order valence-corrected chi connectivity index (χ1v) is 8.95. The lowest BCUT2D eigenvalue weighted by molar-refractivity contribution is -0.123. The number of benzene rings is 1. The third-order valence-corrected chi connectivity index (χ3v) is 4.78. The number of urea groups is 1. The van der Waals surface area contributed by atoms with E-state index in [0.717, 1.165) is 21.6 Å². The first kappa shape index (κ1) is 20.0. The first-order chi connectivity index (χ1) is 11.7. The van der Waals surface area contributed by atoms with Crippen molar-refractivity contribution in [1.29, 1.82) is 0 Å². The summed E-state index contributed by atoms with van der Waals surface area (Å²) in [5, 5.41) is 10.8. The van der Waals surface area contributed by atoms with Gasteiger partial charge in [-0.3, -0.25) is 9.69 Å². The van der Waals surface area contributed by atoms with Crippen molar-refractivity contribution in [2.75, 3.05) is 0 Å². The molecule has 5 heteroatoms. The molecule has 0 spiro atoms. The van der Waals surface area contributed by atoms with E-state index in [1.807, 2.05) is 66.7 Å². The minimum atomic E-state index is -0.720. The molecule has 1 aliphatic rings. The summed E-state index contributed by atoms with van der Waals surface area (Å²) in [5.74, 6) is -0.0373. The molecule has 1 heterocycles. The number of nitrogens with zero attached hydrogens (tertiary/aromatic N) is 1. The third-order valence-electron chi connectivity index (χ3n) is 4.78. The molecule has 0 bridgehead atoms. The highest BCUT2D eigenvalue weighted by molar-refractivity contribution is 6.08. The van der Waals surface area contributed by atoms with Gasteiger partial charge in [-0.15, -0.1) is 0 Å². The lowest BCUT2D eigenvalue weighted by Crippen LogP contribution is -2.41. The maximum atomic E-state index is 12.5. The quantitative estimate of drug-likeness (QED) is 0.742. The van der Waals surface area contributed by atoms with E-state index in [1.54, 1.807) is 0 Å². The Hall–Kier alpha value is -2.30. The number of phenols is 1. The predicted octanol–water partition coefficient (Wildman–Crippen LogP) is 4.07. The maximum Gasteiger partial charge on any atom is 0.322 e. The Morgan fingerprint density at radius 2 is 1.62 bits per heavy atom. The average molecular weight is 358 g/mol. The van der Waals surface area contributed by atoms with E-state index < -0.39 is 6.03 Å². The summed E-state index contributed by atoms with van der Waals surface area (Å²) in [5.41, 5.74) is 7.91. The number of aromatic hydroxyl groups is 1. The van der Waals surface area contributed by atoms with Crippen molar-refractivity contribution in [3.63, 3.8) is 0 Å². The summed E-state index contributed by atoms with van der Waals surface area (Å²) in [6.45, 7) is 14.1. The number of primary amides is 1. The molecular formula is C21H30N2O3. The molecule has 1 fully saturated rings. The Balaban J connectivity index is 2.61. The van der Waals surface area contributed by atoms with E-state index in [2.05, 4.69) is 0 Å². The van der Waals surface area contributed by atoms with Crippen LogP contribution >= 0.6 is 0 Å².